The van der Waals surface area contributed by atoms with E-state index in [-0.39, 0.29) is 17.5 Å². The summed E-state index contributed by atoms with van der Waals surface area (Å²) < 4.78 is 0. The average Bonchev–Trinajstić information content (AvgIpc) is 3.24. The summed E-state index contributed by atoms with van der Waals surface area (Å²) in [4.78, 5) is 38.8. The van der Waals surface area contributed by atoms with Crippen molar-refractivity contribution in [1.29, 1.82) is 0 Å². The molecule has 2 amide bonds. The van der Waals surface area contributed by atoms with Crippen molar-refractivity contribution in [3.63, 3.8) is 0 Å². The number of nitro groups is 1. The molecule has 0 radical (unpaired) electrons. The van der Waals surface area contributed by atoms with Crippen molar-refractivity contribution in [2.75, 3.05) is 38.0 Å². The van der Waals surface area contributed by atoms with Crippen LogP contribution >= 0.6 is 0 Å². The van der Waals surface area contributed by atoms with Gasteiger partial charge in [-0.05, 0) is 37.3 Å². The average molecular weight is 402 g/mol. The van der Waals surface area contributed by atoms with Crippen LogP contribution in [0.3, 0.4) is 0 Å². The van der Waals surface area contributed by atoms with Gasteiger partial charge in [-0.2, -0.15) is 0 Å². The zero-order chi connectivity index (χ0) is 20.6. The Balaban J connectivity index is 1.31. The second-order valence-corrected chi connectivity index (χ2v) is 7.95. The lowest BCUT2D eigenvalue weighted by Crippen LogP contribution is -2.50. The van der Waals surface area contributed by atoms with Gasteiger partial charge < -0.3 is 15.1 Å². The number of anilines is 1. The van der Waals surface area contributed by atoms with E-state index in [9.17, 15) is 19.7 Å². The summed E-state index contributed by atoms with van der Waals surface area (Å²) in [6.07, 6.45) is 6.67. The highest BCUT2D eigenvalue weighted by Gasteiger charge is 2.26. The van der Waals surface area contributed by atoms with Crippen LogP contribution in [0.15, 0.2) is 24.3 Å². The molecule has 2 fully saturated rings. The Morgan fingerprint density at radius 3 is 2.17 bits per heavy atom. The molecule has 1 aliphatic heterocycles. The first kappa shape index (κ1) is 21.1. The van der Waals surface area contributed by atoms with Crippen molar-refractivity contribution in [1.82, 2.24) is 9.80 Å². The molecule has 0 atom stereocenters. The fourth-order valence-corrected chi connectivity index (χ4v) is 4.13. The van der Waals surface area contributed by atoms with Crippen LogP contribution in [0.5, 0.6) is 0 Å². The zero-order valence-electron chi connectivity index (χ0n) is 16.8. The number of carbonyl (C=O) groups is 2. The van der Waals surface area contributed by atoms with Crippen molar-refractivity contribution in [2.45, 2.75) is 44.9 Å². The third-order valence-electron chi connectivity index (χ3n) is 5.90. The number of non-ortho nitro benzene ring substituents is 1. The van der Waals surface area contributed by atoms with E-state index in [1.54, 1.807) is 12.1 Å². The van der Waals surface area contributed by atoms with Crippen LogP contribution in [0.2, 0.25) is 0 Å². The number of benzene rings is 1. The predicted octanol–water partition coefficient (Wildman–Crippen LogP) is 3.04. The summed E-state index contributed by atoms with van der Waals surface area (Å²) in [5.41, 5.74) is 0.865. The number of rotatable bonds is 8. The highest BCUT2D eigenvalue weighted by molar-refractivity contribution is 5.78. The van der Waals surface area contributed by atoms with Gasteiger partial charge in [0.1, 0.15) is 0 Å². The fraction of sp³-hybridized carbons (Fsp3) is 0.619. The standard InChI is InChI=1S/C21H30N4O4/c26-20(6-3-11-22-18-7-9-19(10-8-18)25(28)29)23-12-14-24(15-13-23)21(27)16-17-4-1-2-5-17/h7-10,17,22H,1-6,11-16H2. The highest BCUT2D eigenvalue weighted by Crippen LogP contribution is 2.28. The number of nitrogens with zero attached hydrogens (tertiary/aromatic N) is 3. The summed E-state index contributed by atoms with van der Waals surface area (Å²) in [6, 6.07) is 6.26. The third kappa shape index (κ3) is 6.17. The van der Waals surface area contributed by atoms with Crippen LogP contribution in [-0.4, -0.2) is 59.3 Å². The number of amides is 2. The maximum absolute atomic E-state index is 12.4. The Morgan fingerprint density at radius 2 is 1.59 bits per heavy atom. The van der Waals surface area contributed by atoms with E-state index in [0.29, 0.717) is 57.9 Å². The van der Waals surface area contributed by atoms with Gasteiger partial charge in [-0.15, -0.1) is 0 Å². The zero-order valence-corrected chi connectivity index (χ0v) is 16.8. The van der Waals surface area contributed by atoms with Gasteiger partial charge in [0.05, 0.1) is 4.92 Å². The Labute approximate surface area is 171 Å². The predicted molar refractivity (Wildman–Crippen MR) is 111 cm³/mol. The second-order valence-electron chi connectivity index (χ2n) is 7.95. The molecule has 3 rings (SSSR count). The molecule has 8 heteroatoms. The fourth-order valence-electron chi connectivity index (χ4n) is 4.13. The highest BCUT2D eigenvalue weighted by atomic mass is 16.6. The van der Waals surface area contributed by atoms with Crippen LogP contribution in [-0.2, 0) is 9.59 Å². The van der Waals surface area contributed by atoms with Gasteiger partial charge in [-0.25, -0.2) is 0 Å². The molecule has 1 aromatic carbocycles. The van der Waals surface area contributed by atoms with E-state index >= 15 is 0 Å². The Morgan fingerprint density at radius 1 is 1.00 bits per heavy atom. The SMILES string of the molecule is O=C(CCCNc1ccc([N+](=O)[O-])cc1)N1CCN(C(=O)CC2CCCC2)CC1. The van der Waals surface area contributed by atoms with E-state index in [1.165, 1.54) is 37.8 Å². The molecular weight excluding hydrogens is 372 g/mol. The molecule has 0 unspecified atom stereocenters. The smallest absolute Gasteiger partial charge is 0.269 e. The van der Waals surface area contributed by atoms with Gasteiger partial charge in [0.15, 0.2) is 0 Å². The number of nitrogens with one attached hydrogen (secondary N) is 1. The molecule has 1 aromatic rings. The summed E-state index contributed by atoms with van der Waals surface area (Å²) in [5.74, 6) is 0.931. The number of hydrogen-bond acceptors (Lipinski definition) is 5. The number of hydrogen-bond donors (Lipinski definition) is 1. The number of nitro benzene ring substituents is 1. The molecule has 1 aliphatic carbocycles. The lowest BCUT2D eigenvalue weighted by molar-refractivity contribution is -0.384. The van der Waals surface area contributed by atoms with Gasteiger partial charge in [-0.3, -0.25) is 19.7 Å². The minimum absolute atomic E-state index is 0.0617. The van der Waals surface area contributed by atoms with E-state index in [2.05, 4.69) is 5.32 Å². The van der Waals surface area contributed by atoms with Crippen LogP contribution in [0.25, 0.3) is 0 Å². The van der Waals surface area contributed by atoms with Gasteiger partial charge in [0.25, 0.3) is 5.69 Å². The quantitative estimate of drug-likeness (QED) is 0.410. The third-order valence-corrected chi connectivity index (χ3v) is 5.90. The molecule has 8 nitrogen and oxygen atoms in total. The van der Waals surface area contributed by atoms with Gasteiger partial charge >= 0.3 is 0 Å². The number of carbonyl (C=O) groups excluding carboxylic acids is 2. The van der Waals surface area contributed by atoms with Gasteiger partial charge in [0.2, 0.25) is 11.8 Å². The van der Waals surface area contributed by atoms with E-state index < -0.39 is 4.92 Å². The van der Waals surface area contributed by atoms with Crippen molar-refractivity contribution in [3.05, 3.63) is 34.4 Å². The second kappa shape index (κ2) is 10.2. The summed E-state index contributed by atoms with van der Waals surface area (Å²) in [6.45, 7) is 3.14. The van der Waals surface area contributed by atoms with Crippen LogP contribution in [0, 0.1) is 16.0 Å². The molecule has 0 bridgehead atoms. The Hall–Kier alpha value is -2.64. The van der Waals surface area contributed by atoms with Crippen LogP contribution in [0.1, 0.15) is 44.9 Å². The first-order valence-corrected chi connectivity index (χ1v) is 10.6. The molecule has 2 aliphatic rings. The first-order valence-electron chi connectivity index (χ1n) is 10.6. The minimum atomic E-state index is -0.426. The van der Waals surface area contributed by atoms with E-state index in [0.717, 1.165) is 5.69 Å². The molecule has 158 valence electrons. The molecule has 0 aromatic heterocycles. The van der Waals surface area contributed by atoms with E-state index in [1.807, 2.05) is 9.80 Å². The van der Waals surface area contributed by atoms with Crippen LogP contribution < -0.4 is 5.32 Å². The Kier molecular flexibility index (Phi) is 7.43. The maximum atomic E-state index is 12.4. The summed E-state index contributed by atoms with van der Waals surface area (Å²) in [7, 11) is 0. The van der Waals surface area contributed by atoms with Gasteiger partial charge in [-0.1, -0.05) is 12.8 Å². The number of piperazine rings is 1. The molecule has 1 N–H and O–H groups in total. The normalized spacial score (nSPS) is 17.4. The Bertz CT molecular complexity index is 708. The molecule has 29 heavy (non-hydrogen) atoms. The van der Waals surface area contributed by atoms with E-state index in [4.69, 9.17) is 0 Å². The molecule has 1 heterocycles. The maximum Gasteiger partial charge on any atom is 0.269 e. The largest absolute Gasteiger partial charge is 0.385 e. The lowest BCUT2D eigenvalue weighted by atomic mass is 10.0. The topological polar surface area (TPSA) is 95.8 Å². The van der Waals surface area contributed by atoms with Crippen molar-refractivity contribution >= 4 is 23.2 Å². The molecule has 1 saturated heterocycles. The summed E-state index contributed by atoms with van der Waals surface area (Å²) >= 11 is 0. The van der Waals surface area contributed by atoms with Gasteiger partial charge in [0, 0.05) is 63.4 Å². The molecule has 1 saturated carbocycles. The lowest BCUT2D eigenvalue weighted by Gasteiger charge is -2.35. The van der Waals surface area contributed by atoms with Crippen molar-refractivity contribution < 1.29 is 14.5 Å². The van der Waals surface area contributed by atoms with Crippen LogP contribution in [0.4, 0.5) is 11.4 Å². The van der Waals surface area contributed by atoms with Crippen molar-refractivity contribution in [3.8, 4) is 0 Å². The first-order chi connectivity index (χ1) is 14.0. The molecule has 0 spiro atoms. The summed E-state index contributed by atoms with van der Waals surface area (Å²) in [5, 5.41) is 13.8. The molecular formula is C21H30N4O4. The minimum Gasteiger partial charge on any atom is -0.385 e. The van der Waals surface area contributed by atoms with Crippen molar-refractivity contribution in [2.24, 2.45) is 5.92 Å². The monoisotopic (exact) mass is 402 g/mol.